The van der Waals surface area contributed by atoms with E-state index in [1.165, 1.54) is 22.3 Å². The van der Waals surface area contributed by atoms with Crippen molar-refractivity contribution in [2.24, 2.45) is 0 Å². The van der Waals surface area contributed by atoms with Gasteiger partial charge in [-0.15, -0.1) is 0 Å². The molecule has 2 aromatic rings. The average molecular weight is 266 g/mol. The number of methoxy groups -OCH3 is 2. The van der Waals surface area contributed by atoms with Crippen LogP contribution in [0.1, 0.15) is 18.1 Å². The monoisotopic (exact) mass is 266 g/mol. The maximum atomic E-state index is 5.40. The first-order valence-corrected chi connectivity index (χ1v) is 6.74. The summed E-state index contributed by atoms with van der Waals surface area (Å²) in [6.07, 6.45) is 3.33. The van der Waals surface area contributed by atoms with Gasteiger partial charge in [0, 0.05) is 0 Å². The van der Waals surface area contributed by atoms with Gasteiger partial charge < -0.3 is 9.47 Å². The molecular formula is C18H18O2. The Kier molecular flexibility index (Phi) is 3.23. The molecule has 3 rings (SSSR count). The van der Waals surface area contributed by atoms with Gasteiger partial charge in [-0.3, -0.25) is 0 Å². The fourth-order valence-corrected chi connectivity index (χ4v) is 2.79. The van der Waals surface area contributed by atoms with Gasteiger partial charge in [-0.2, -0.15) is 0 Å². The van der Waals surface area contributed by atoms with Crippen molar-refractivity contribution in [1.29, 1.82) is 0 Å². The Morgan fingerprint density at radius 2 is 1.75 bits per heavy atom. The predicted octanol–water partition coefficient (Wildman–Crippen LogP) is 4.33. The summed E-state index contributed by atoms with van der Waals surface area (Å²) in [5.41, 5.74) is 6.55. The minimum absolute atomic E-state index is 0.760. The topological polar surface area (TPSA) is 18.5 Å². The summed E-state index contributed by atoms with van der Waals surface area (Å²) < 4.78 is 10.7. The van der Waals surface area contributed by atoms with Crippen molar-refractivity contribution < 1.29 is 9.47 Å². The molecule has 0 saturated carbocycles. The van der Waals surface area contributed by atoms with E-state index in [1.54, 1.807) is 14.2 Å². The SMILES string of the molecule is COc1ccc(-c2cccc3c2C=C(C)C3)cc1OC. The van der Waals surface area contributed by atoms with Crippen LogP contribution in [-0.2, 0) is 6.42 Å². The molecule has 1 aliphatic carbocycles. The second-order valence-electron chi connectivity index (χ2n) is 5.12. The van der Waals surface area contributed by atoms with Gasteiger partial charge in [-0.05, 0) is 47.7 Å². The molecule has 20 heavy (non-hydrogen) atoms. The molecule has 0 aromatic heterocycles. The molecule has 0 fully saturated rings. The summed E-state index contributed by atoms with van der Waals surface area (Å²) in [5, 5.41) is 0. The number of hydrogen-bond acceptors (Lipinski definition) is 2. The highest BCUT2D eigenvalue weighted by Gasteiger charge is 2.15. The Bertz CT molecular complexity index is 684. The van der Waals surface area contributed by atoms with Crippen LogP contribution in [0.5, 0.6) is 11.5 Å². The summed E-state index contributed by atoms with van der Waals surface area (Å²) in [5.74, 6) is 1.52. The summed E-state index contributed by atoms with van der Waals surface area (Å²) in [6, 6.07) is 12.6. The summed E-state index contributed by atoms with van der Waals surface area (Å²) in [7, 11) is 3.32. The normalized spacial score (nSPS) is 12.8. The van der Waals surface area contributed by atoms with Crippen molar-refractivity contribution in [3.63, 3.8) is 0 Å². The first kappa shape index (κ1) is 12.8. The lowest BCUT2D eigenvalue weighted by atomic mass is 9.97. The highest BCUT2D eigenvalue weighted by molar-refractivity contribution is 5.81. The number of fused-ring (bicyclic) bond motifs is 1. The van der Waals surface area contributed by atoms with Gasteiger partial charge in [-0.1, -0.05) is 35.9 Å². The number of hydrogen-bond donors (Lipinski definition) is 0. The molecule has 0 aliphatic heterocycles. The van der Waals surface area contributed by atoms with E-state index in [-0.39, 0.29) is 0 Å². The molecular weight excluding hydrogens is 248 g/mol. The van der Waals surface area contributed by atoms with Crippen molar-refractivity contribution in [1.82, 2.24) is 0 Å². The second-order valence-corrected chi connectivity index (χ2v) is 5.12. The smallest absolute Gasteiger partial charge is 0.161 e. The molecule has 0 atom stereocenters. The molecule has 0 unspecified atom stereocenters. The third-order valence-electron chi connectivity index (χ3n) is 3.75. The van der Waals surface area contributed by atoms with Gasteiger partial charge in [0.15, 0.2) is 11.5 Å². The summed E-state index contributed by atoms with van der Waals surface area (Å²) in [4.78, 5) is 0. The molecule has 2 nitrogen and oxygen atoms in total. The quantitative estimate of drug-likeness (QED) is 0.823. The van der Waals surface area contributed by atoms with E-state index >= 15 is 0 Å². The van der Waals surface area contributed by atoms with Crippen LogP contribution < -0.4 is 9.47 Å². The van der Waals surface area contributed by atoms with Crippen LogP contribution in [0.4, 0.5) is 0 Å². The Balaban J connectivity index is 2.13. The van der Waals surface area contributed by atoms with E-state index < -0.39 is 0 Å². The van der Waals surface area contributed by atoms with Gasteiger partial charge in [0.1, 0.15) is 0 Å². The Hall–Kier alpha value is -2.22. The standard InChI is InChI=1S/C18H18O2/c1-12-9-13-5-4-6-15(16(13)10-12)14-7-8-17(19-2)18(11-14)20-3/h4-8,10-11H,9H2,1-3H3. The van der Waals surface area contributed by atoms with E-state index in [0.717, 1.165) is 23.5 Å². The van der Waals surface area contributed by atoms with Gasteiger partial charge in [0.2, 0.25) is 0 Å². The number of benzene rings is 2. The summed E-state index contributed by atoms with van der Waals surface area (Å²) in [6.45, 7) is 2.18. The zero-order valence-electron chi connectivity index (χ0n) is 12.1. The van der Waals surface area contributed by atoms with Gasteiger partial charge in [-0.25, -0.2) is 0 Å². The van der Waals surface area contributed by atoms with Gasteiger partial charge >= 0.3 is 0 Å². The predicted molar refractivity (Wildman–Crippen MR) is 82.3 cm³/mol. The second kappa shape index (κ2) is 5.04. The number of allylic oxidation sites excluding steroid dienone is 1. The van der Waals surface area contributed by atoms with E-state index in [9.17, 15) is 0 Å². The Morgan fingerprint density at radius 1 is 0.950 bits per heavy atom. The molecule has 0 heterocycles. The third kappa shape index (κ3) is 2.07. The lowest BCUT2D eigenvalue weighted by Gasteiger charge is -2.12. The Morgan fingerprint density at radius 3 is 2.50 bits per heavy atom. The molecule has 0 saturated heterocycles. The zero-order chi connectivity index (χ0) is 14.1. The van der Waals surface area contributed by atoms with Gasteiger partial charge in [0.25, 0.3) is 0 Å². The molecule has 102 valence electrons. The van der Waals surface area contributed by atoms with Crippen LogP contribution in [0, 0.1) is 0 Å². The molecule has 2 heteroatoms. The minimum Gasteiger partial charge on any atom is -0.493 e. The molecule has 1 aliphatic rings. The summed E-state index contributed by atoms with van der Waals surface area (Å²) >= 11 is 0. The van der Waals surface area contributed by atoms with Crippen LogP contribution >= 0.6 is 0 Å². The maximum absolute atomic E-state index is 5.40. The van der Waals surface area contributed by atoms with Crippen LogP contribution in [0.15, 0.2) is 42.0 Å². The lowest BCUT2D eigenvalue weighted by molar-refractivity contribution is 0.355. The van der Waals surface area contributed by atoms with Crippen molar-refractivity contribution in [2.45, 2.75) is 13.3 Å². The van der Waals surface area contributed by atoms with E-state index in [2.05, 4.69) is 37.3 Å². The molecule has 0 bridgehead atoms. The fraction of sp³-hybridized carbons (Fsp3) is 0.222. The molecule has 0 spiro atoms. The molecule has 2 aromatic carbocycles. The van der Waals surface area contributed by atoms with Crippen LogP contribution in [0.3, 0.4) is 0 Å². The van der Waals surface area contributed by atoms with E-state index in [0.29, 0.717) is 0 Å². The van der Waals surface area contributed by atoms with Crippen molar-refractivity contribution in [3.8, 4) is 22.6 Å². The zero-order valence-corrected chi connectivity index (χ0v) is 12.1. The molecule has 0 radical (unpaired) electrons. The third-order valence-corrected chi connectivity index (χ3v) is 3.75. The highest BCUT2D eigenvalue weighted by atomic mass is 16.5. The van der Waals surface area contributed by atoms with E-state index in [1.807, 2.05) is 12.1 Å². The first-order chi connectivity index (χ1) is 9.72. The van der Waals surface area contributed by atoms with Crippen molar-refractivity contribution in [2.75, 3.05) is 14.2 Å². The molecule has 0 amide bonds. The first-order valence-electron chi connectivity index (χ1n) is 6.74. The average Bonchev–Trinajstić information content (AvgIpc) is 2.86. The van der Waals surface area contributed by atoms with E-state index in [4.69, 9.17) is 9.47 Å². The Labute approximate surface area is 119 Å². The van der Waals surface area contributed by atoms with Crippen LogP contribution in [-0.4, -0.2) is 14.2 Å². The van der Waals surface area contributed by atoms with Gasteiger partial charge in [0.05, 0.1) is 14.2 Å². The van der Waals surface area contributed by atoms with Crippen molar-refractivity contribution >= 4 is 6.08 Å². The largest absolute Gasteiger partial charge is 0.493 e. The number of rotatable bonds is 3. The van der Waals surface area contributed by atoms with Crippen LogP contribution in [0.2, 0.25) is 0 Å². The molecule has 0 N–H and O–H groups in total. The van der Waals surface area contributed by atoms with Crippen molar-refractivity contribution in [3.05, 3.63) is 53.1 Å². The fourth-order valence-electron chi connectivity index (χ4n) is 2.79. The maximum Gasteiger partial charge on any atom is 0.161 e. The number of ether oxygens (including phenoxy) is 2. The highest BCUT2D eigenvalue weighted by Crippen LogP contribution is 2.37. The minimum atomic E-state index is 0.760. The van der Waals surface area contributed by atoms with Crippen LogP contribution in [0.25, 0.3) is 17.2 Å². The lowest BCUT2D eigenvalue weighted by Crippen LogP contribution is -1.92.